The highest BCUT2D eigenvalue weighted by Crippen LogP contribution is 2.26. The van der Waals surface area contributed by atoms with E-state index in [0.717, 1.165) is 19.3 Å². The summed E-state index contributed by atoms with van der Waals surface area (Å²) in [5.74, 6) is 0.262. The van der Waals surface area contributed by atoms with Crippen LogP contribution < -0.4 is 15.4 Å². The molecule has 0 aliphatic rings. The minimum Gasteiger partial charge on any atom is -0.492 e. The lowest BCUT2D eigenvalue weighted by molar-refractivity contribution is 0.0977. The largest absolute Gasteiger partial charge is 0.492 e. The third-order valence-electron chi connectivity index (χ3n) is 5.61. The van der Waals surface area contributed by atoms with E-state index in [9.17, 15) is 13.2 Å². The van der Waals surface area contributed by atoms with Gasteiger partial charge in [-0.25, -0.2) is 8.42 Å². The molecule has 1 amide bonds. The summed E-state index contributed by atoms with van der Waals surface area (Å²) in [5, 5.41) is 5.67. The Labute approximate surface area is 238 Å². The average molecular weight is 619 g/mol. The summed E-state index contributed by atoms with van der Waals surface area (Å²) >= 11 is 8.75. The van der Waals surface area contributed by atoms with Crippen LogP contribution in [0.1, 0.15) is 42.6 Å². The Morgan fingerprint density at radius 3 is 2.24 bits per heavy atom. The van der Waals surface area contributed by atoms with Gasteiger partial charge in [0.25, 0.3) is 5.91 Å². The molecule has 2 N–H and O–H groups in total. The lowest BCUT2D eigenvalue weighted by Crippen LogP contribution is -2.34. The van der Waals surface area contributed by atoms with Crippen molar-refractivity contribution in [3.63, 3.8) is 0 Å². The molecule has 202 valence electrons. The molecule has 0 bridgehead atoms. The van der Waals surface area contributed by atoms with Crippen LogP contribution in [-0.2, 0) is 16.4 Å². The van der Waals surface area contributed by atoms with Crippen molar-refractivity contribution in [2.24, 2.45) is 0 Å². The second-order valence-electron chi connectivity index (χ2n) is 8.57. The number of thiocarbonyl (C=S) groups is 1. The second kappa shape index (κ2) is 14.4. The van der Waals surface area contributed by atoms with E-state index in [1.165, 1.54) is 22.0 Å². The number of carbonyl (C=O) groups is 1. The number of nitrogens with one attached hydrogen (secondary N) is 2. The van der Waals surface area contributed by atoms with E-state index < -0.39 is 10.0 Å². The number of anilines is 1. The van der Waals surface area contributed by atoms with Crippen LogP contribution in [-0.4, -0.2) is 43.4 Å². The Hall–Kier alpha value is -2.79. The molecule has 0 saturated carbocycles. The van der Waals surface area contributed by atoms with Gasteiger partial charge >= 0.3 is 0 Å². The van der Waals surface area contributed by atoms with E-state index >= 15 is 0 Å². The molecule has 0 fully saturated rings. The molecule has 3 rings (SSSR count). The first-order valence-corrected chi connectivity index (χ1v) is 15.1. The topological polar surface area (TPSA) is 87.7 Å². The minimum atomic E-state index is -3.57. The van der Waals surface area contributed by atoms with Gasteiger partial charge in [-0.05, 0) is 89.0 Å². The molecule has 0 spiro atoms. The molecule has 7 nitrogen and oxygen atoms in total. The van der Waals surface area contributed by atoms with Crippen LogP contribution in [0, 0.1) is 0 Å². The highest BCUT2D eigenvalue weighted by Gasteiger charge is 2.23. The number of sulfonamides is 1. The maximum absolute atomic E-state index is 12.9. The third kappa shape index (κ3) is 8.36. The number of hydrogen-bond acceptors (Lipinski definition) is 5. The molecule has 3 aromatic carbocycles. The molecule has 0 heterocycles. The van der Waals surface area contributed by atoms with E-state index in [2.05, 4.69) is 26.6 Å². The number of halogens is 1. The zero-order valence-corrected chi connectivity index (χ0v) is 24.7. The quantitative estimate of drug-likeness (QED) is 0.242. The van der Waals surface area contributed by atoms with E-state index in [0.29, 0.717) is 41.2 Å². The molecule has 10 heteroatoms. The Morgan fingerprint density at radius 2 is 1.63 bits per heavy atom. The molecular formula is C28H32BrN3O4S2. The highest BCUT2D eigenvalue weighted by molar-refractivity contribution is 9.10. The maximum Gasteiger partial charge on any atom is 0.257 e. The number of amides is 1. The van der Waals surface area contributed by atoms with Gasteiger partial charge in [-0.15, -0.1) is 0 Å². The normalized spacial score (nSPS) is 11.3. The SMILES string of the molecule is CCCN(CCC)S(=O)(=O)c1ccc(NC(=S)NC(=O)c2ccc(OCCc3ccccc3)c(Br)c2)cc1. The lowest BCUT2D eigenvalue weighted by atomic mass is 10.2. The molecule has 0 aliphatic heterocycles. The van der Waals surface area contributed by atoms with Crippen LogP contribution in [0.5, 0.6) is 5.75 Å². The molecule has 0 radical (unpaired) electrons. The van der Waals surface area contributed by atoms with Crippen molar-refractivity contribution in [2.45, 2.75) is 38.0 Å². The van der Waals surface area contributed by atoms with Crippen LogP contribution >= 0.6 is 28.1 Å². The smallest absolute Gasteiger partial charge is 0.257 e. The van der Waals surface area contributed by atoms with E-state index in [1.54, 1.807) is 30.3 Å². The number of nitrogens with zero attached hydrogens (tertiary/aromatic N) is 1. The van der Waals surface area contributed by atoms with Crippen molar-refractivity contribution in [2.75, 3.05) is 25.0 Å². The summed E-state index contributed by atoms with van der Waals surface area (Å²) in [7, 11) is -3.57. The summed E-state index contributed by atoms with van der Waals surface area (Å²) < 4.78 is 33.9. The van der Waals surface area contributed by atoms with E-state index in [4.69, 9.17) is 17.0 Å². The minimum absolute atomic E-state index is 0.100. The fraction of sp³-hybridized carbons (Fsp3) is 0.286. The summed E-state index contributed by atoms with van der Waals surface area (Å²) in [4.78, 5) is 12.9. The van der Waals surface area contributed by atoms with Gasteiger partial charge in [-0.3, -0.25) is 10.1 Å². The van der Waals surface area contributed by atoms with Gasteiger partial charge in [0.15, 0.2) is 5.11 Å². The summed E-state index contributed by atoms with van der Waals surface area (Å²) in [6.45, 7) is 5.37. The van der Waals surface area contributed by atoms with Gasteiger partial charge in [0.05, 0.1) is 16.0 Å². The number of hydrogen-bond donors (Lipinski definition) is 2. The number of ether oxygens (including phenoxy) is 1. The summed E-state index contributed by atoms with van der Waals surface area (Å²) in [5.41, 5.74) is 2.16. The van der Waals surface area contributed by atoms with Gasteiger partial charge in [0.1, 0.15) is 5.75 Å². The molecule has 0 aliphatic carbocycles. The van der Waals surface area contributed by atoms with Gasteiger partial charge in [0.2, 0.25) is 10.0 Å². The molecule has 38 heavy (non-hydrogen) atoms. The second-order valence-corrected chi connectivity index (χ2v) is 11.8. The maximum atomic E-state index is 12.9. The highest BCUT2D eigenvalue weighted by atomic mass is 79.9. The van der Waals surface area contributed by atoms with Crippen molar-refractivity contribution >= 4 is 54.9 Å². The first kappa shape index (κ1) is 29.8. The summed E-state index contributed by atoms with van der Waals surface area (Å²) in [6.07, 6.45) is 2.26. The molecular weight excluding hydrogens is 586 g/mol. The van der Waals surface area contributed by atoms with Crippen LogP contribution in [0.3, 0.4) is 0 Å². The first-order chi connectivity index (χ1) is 18.2. The zero-order chi connectivity index (χ0) is 27.5. The van der Waals surface area contributed by atoms with Gasteiger partial charge in [-0.1, -0.05) is 44.2 Å². The van der Waals surface area contributed by atoms with Crippen molar-refractivity contribution < 1.29 is 17.9 Å². The molecule has 3 aromatic rings. The van der Waals surface area contributed by atoms with Crippen molar-refractivity contribution in [3.05, 3.63) is 88.4 Å². The van der Waals surface area contributed by atoms with Gasteiger partial charge in [-0.2, -0.15) is 4.31 Å². The van der Waals surface area contributed by atoms with Crippen molar-refractivity contribution in [1.29, 1.82) is 0 Å². The van der Waals surface area contributed by atoms with Crippen LogP contribution in [0.2, 0.25) is 0 Å². The van der Waals surface area contributed by atoms with Crippen molar-refractivity contribution in [3.8, 4) is 5.75 Å². The van der Waals surface area contributed by atoms with E-state index in [-0.39, 0.29) is 15.9 Å². The Bertz CT molecular complexity index is 1330. The molecule has 0 atom stereocenters. The predicted molar refractivity (Wildman–Crippen MR) is 159 cm³/mol. The standard InChI is InChI=1S/C28H32BrN3O4S2/c1-3-17-32(18-4-2)38(34,35)24-13-11-23(12-14-24)30-28(37)31-27(33)22-10-15-26(25(29)20-22)36-19-16-21-8-6-5-7-9-21/h5-15,20H,3-4,16-19H2,1-2H3,(H2,30,31,33,37). The van der Waals surface area contributed by atoms with E-state index in [1.807, 2.05) is 44.2 Å². The fourth-order valence-corrected chi connectivity index (χ4v) is 6.06. The average Bonchev–Trinajstić information content (AvgIpc) is 2.90. The molecule has 0 saturated heterocycles. The van der Waals surface area contributed by atoms with Crippen LogP contribution in [0.15, 0.2) is 82.2 Å². The predicted octanol–water partition coefficient (Wildman–Crippen LogP) is 6.01. The zero-order valence-electron chi connectivity index (χ0n) is 21.4. The first-order valence-electron chi connectivity index (χ1n) is 12.4. The van der Waals surface area contributed by atoms with Crippen molar-refractivity contribution in [1.82, 2.24) is 9.62 Å². The Morgan fingerprint density at radius 1 is 0.974 bits per heavy atom. The molecule has 0 aromatic heterocycles. The Kier molecular flexibility index (Phi) is 11.3. The Balaban J connectivity index is 1.55. The number of benzene rings is 3. The third-order valence-corrected chi connectivity index (χ3v) is 8.34. The van der Waals surface area contributed by atoms with Crippen LogP contribution in [0.4, 0.5) is 5.69 Å². The monoisotopic (exact) mass is 617 g/mol. The number of carbonyl (C=O) groups excluding carboxylic acids is 1. The summed E-state index contributed by atoms with van der Waals surface area (Å²) in [6, 6.07) is 21.5. The fourth-order valence-electron chi connectivity index (χ4n) is 3.73. The lowest BCUT2D eigenvalue weighted by Gasteiger charge is -2.21. The molecule has 0 unspecified atom stereocenters. The number of rotatable bonds is 12. The van der Waals surface area contributed by atoms with Crippen LogP contribution in [0.25, 0.3) is 0 Å². The van der Waals surface area contributed by atoms with Gasteiger partial charge in [0, 0.05) is 30.8 Å². The van der Waals surface area contributed by atoms with Gasteiger partial charge < -0.3 is 10.1 Å².